The number of ether oxygens (including phenoxy) is 1. The lowest BCUT2D eigenvalue weighted by Gasteiger charge is -2.28. The Hall–Kier alpha value is 0.270. The molecule has 0 aliphatic rings. The first-order valence-corrected chi connectivity index (χ1v) is 7.61. The van der Waals surface area contributed by atoms with E-state index in [-0.39, 0.29) is 0 Å². The second-order valence-corrected chi connectivity index (χ2v) is 6.03. The van der Waals surface area contributed by atoms with Gasteiger partial charge in [0, 0.05) is 20.2 Å². The molecule has 0 aromatic carbocycles. The molecule has 3 heteroatoms. The summed E-state index contributed by atoms with van der Waals surface area (Å²) >= 11 is 2.05. The maximum Gasteiger partial charge on any atom is 0.0587 e. The summed E-state index contributed by atoms with van der Waals surface area (Å²) in [5.74, 6) is 2.55. The molecule has 1 atom stereocenters. The molecule has 0 aromatic heterocycles. The third-order valence-corrected chi connectivity index (χ3v) is 4.15. The van der Waals surface area contributed by atoms with Crippen LogP contribution in [-0.4, -0.2) is 38.3 Å². The van der Waals surface area contributed by atoms with Crippen molar-refractivity contribution in [2.75, 3.05) is 38.3 Å². The van der Waals surface area contributed by atoms with Gasteiger partial charge in [0.15, 0.2) is 0 Å². The van der Waals surface area contributed by atoms with E-state index in [1.54, 1.807) is 7.11 Å². The van der Waals surface area contributed by atoms with Gasteiger partial charge in [-0.2, -0.15) is 11.8 Å². The van der Waals surface area contributed by atoms with E-state index in [2.05, 4.69) is 37.8 Å². The van der Waals surface area contributed by atoms with Crippen molar-refractivity contribution in [2.45, 2.75) is 40.0 Å². The van der Waals surface area contributed by atoms with E-state index in [1.807, 2.05) is 0 Å². The second kappa shape index (κ2) is 10.4. The first kappa shape index (κ1) is 16.3. The van der Waals surface area contributed by atoms with Gasteiger partial charge in [-0.25, -0.2) is 0 Å². The topological polar surface area (TPSA) is 21.3 Å². The van der Waals surface area contributed by atoms with Crippen LogP contribution in [0.25, 0.3) is 0 Å². The molecule has 0 spiro atoms. The molecule has 0 amide bonds. The van der Waals surface area contributed by atoms with E-state index in [0.29, 0.717) is 5.41 Å². The molecule has 0 aliphatic carbocycles. The number of thioether (sulfide) groups is 1. The summed E-state index contributed by atoms with van der Waals surface area (Å²) in [4.78, 5) is 0. The third-order valence-electron chi connectivity index (χ3n) is 3.16. The summed E-state index contributed by atoms with van der Waals surface area (Å²) in [5.41, 5.74) is 0.460. The van der Waals surface area contributed by atoms with Gasteiger partial charge in [0.05, 0.1) is 6.61 Å². The van der Waals surface area contributed by atoms with E-state index < -0.39 is 0 Å². The molecule has 0 rings (SSSR count). The molecule has 0 bridgehead atoms. The lowest BCUT2D eigenvalue weighted by atomic mass is 9.83. The van der Waals surface area contributed by atoms with Crippen LogP contribution in [0.1, 0.15) is 40.0 Å². The van der Waals surface area contributed by atoms with Crippen molar-refractivity contribution in [1.29, 1.82) is 0 Å². The van der Waals surface area contributed by atoms with Crippen molar-refractivity contribution in [3.05, 3.63) is 0 Å². The molecule has 0 aromatic rings. The summed E-state index contributed by atoms with van der Waals surface area (Å²) in [6.07, 6.45) is 3.93. The van der Waals surface area contributed by atoms with E-state index in [9.17, 15) is 0 Å². The Morgan fingerprint density at radius 3 is 2.62 bits per heavy atom. The normalized spacial score (nSPS) is 15.0. The largest absolute Gasteiger partial charge is 0.383 e. The van der Waals surface area contributed by atoms with Crippen LogP contribution in [-0.2, 0) is 4.74 Å². The Labute approximate surface area is 106 Å². The number of hydrogen-bond donors (Lipinski definition) is 1. The van der Waals surface area contributed by atoms with Gasteiger partial charge in [-0.05, 0) is 36.2 Å². The van der Waals surface area contributed by atoms with Gasteiger partial charge < -0.3 is 10.1 Å². The lowest BCUT2D eigenvalue weighted by molar-refractivity contribution is 0.189. The minimum Gasteiger partial charge on any atom is -0.383 e. The molecule has 0 radical (unpaired) electrons. The minimum atomic E-state index is 0.460. The van der Waals surface area contributed by atoms with Gasteiger partial charge >= 0.3 is 0 Å². The fraction of sp³-hybridized carbons (Fsp3) is 1.00. The highest BCUT2D eigenvalue weighted by Crippen LogP contribution is 2.27. The van der Waals surface area contributed by atoms with Gasteiger partial charge in [0.1, 0.15) is 0 Å². The predicted molar refractivity (Wildman–Crippen MR) is 75.4 cm³/mol. The van der Waals surface area contributed by atoms with Crippen LogP contribution in [0.4, 0.5) is 0 Å². The zero-order valence-electron chi connectivity index (χ0n) is 11.5. The summed E-state index contributed by atoms with van der Waals surface area (Å²) in [5, 5.41) is 3.49. The van der Waals surface area contributed by atoms with Crippen molar-refractivity contribution in [2.24, 2.45) is 5.41 Å². The van der Waals surface area contributed by atoms with Crippen molar-refractivity contribution >= 4 is 11.8 Å². The van der Waals surface area contributed by atoms with Crippen LogP contribution >= 0.6 is 11.8 Å². The predicted octanol–water partition coefficient (Wildman–Crippen LogP) is 3.17. The molecule has 0 fully saturated rings. The van der Waals surface area contributed by atoms with Crippen LogP contribution in [0.2, 0.25) is 0 Å². The molecule has 16 heavy (non-hydrogen) atoms. The lowest BCUT2D eigenvalue weighted by Crippen LogP contribution is -2.33. The fourth-order valence-corrected chi connectivity index (χ4v) is 2.34. The van der Waals surface area contributed by atoms with Crippen molar-refractivity contribution in [1.82, 2.24) is 5.32 Å². The second-order valence-electron chi connectivity index (χ2n) is 4.63. The molecule has 0 heterocycles. The van der Waals surface area contributed by atoms with Crippen molar-refractivity contribution in [3.8, 4) is 0 Å². The summed E-state index contributed by atoms with van der Waals surface area (Å²) in [7, 11) is 1.75. The van der Waals surface area contributed by atoms with Crippen LogP contribution in [0, 0.1) is 5.41 Å². The zero-order valence-corrected chi connectivity index (χ0v) is 12.3. The minimum absolute atomic E-state index is 0.460. The van der Waals surface area contributed by atoms with Gasteiger partial charge in [0.2, 0.25) is 0 Å². The molecule has 1 unspecified atom stereocenters. The summed E-state index contributed by atoms with van der Waals surface area (Å²) in [6, 6.07) is 0. The van der Waals surface area contributed by atoms with Crippen LogP contribution < -0.4 is 5.32 Å². The number of hydrogen-bond acceptors (Lipinski definition) is 3. The zero-order chi connectivity index (χ0) is 12.3. The van der Waals surface area contributed by atoms with Gasteiger partial charge in [-0.15, -0.1) is 0 Å². The molecule has 0 saturated heterocycles. The van der Waals surface area contributed by atoms with Gasteiger partial charge in [-0.3, -0.25) is 0 Å². The fourth-order valence-electron chi connectivity index (χ4n) is 1.70. The highest BCUT2D eigenvalue weighted by molar-refractivity contribution is 7.99. The van der Waals surface area contributed by atoms with Crippen molar-refractivity contribution in [3.63, 3.8) is 0 Å². The Morgan fingerprint density at radius 1 is 1.31 bits per heavy atom. The Morgan fingerprint density at radius 2 is 2.06 bits per heavy atom. The standard InChI is InChI=1S/C13H29NOS/c1-5-13(3,8-7-11-16-6-2)12-14-9-10-15-4/h14H,5-12H2,1-4H3. The quantitative estimate of drug-likeness (QED) is 0.567. The van der Waals surface area contributed by atoms with Crippen LogP contribution in [0.15, 0.2) is 0 Å². The highest BCUT2D eigenvalue weighted by Gasteiger charge is 2.20. The summed E-state index contributed by atoms with van der Waals surface area (Å²) in [6.45, 7) is 9.81. The van der Waals surface area contributed by atoms with Crippen LogP contribution in [0.5, 0.6) is 0 Å². The molecule has 1 N–H and O–H groups in total. The first-order valence-electron chi connectivity index (χ1n) is 6.46. The van der Waals surface area contributed by atoms with Gasteiger partial charge in [0.25, 0.3) is 0 Å². The SMILES string of the molecule is CCSCCCC(C)(CC)CNCCOC. The number of rotatable bonds is 11. The first-order chi connectivity index (χ1) is 7.68. The molecule has 98 valence electrons. The number of methoxy groups -OCH3 is 1. The molecule has 2 nitrogen and oxygen atoms in total. The van der Waals surface area contributed by atoms with E-state index in [0.717, 1.165) is 19.7 Å². The van der Waals surface area contributed by atoms with Gasteiger partial charge in [-0.1, -0.05) is 20.8 Å². The maximum atomic E-state index is 5.04. The number of nitrogens with one attached hydrogen (secondary N) is 1. The van der Waals surface area contributed by atoms with E-state index in [1.165, 1.54) is 30.8 Å². The molecule has 0 aliphatic heterocycles. The Kier molecular flexibility index (Phi) is 10.6. The Bertz CT molecular complexity index is 141. The molecular formula is C13H29NOS. The van der Waals surface area contributed by atoms with Crippen molar-refractivity contribution < 1.29 is 4.74 Å². The Balaban J connectivity index is 3.64. The smallest absolute Gasteiger partial charge is 0.0587 e. The van der Waals surface area contributed by atoms with Crippen LogP contribution in [0.3, 0.4) is 0 Å². The third kappa shape index (κ3) is 8.43. The van der Waals surface area contributed by atoms with E-state index >= 15 is 0 Å². The highest BCUT2D eigenvalue weighted by atomic mass is 32.2. The van der Waals surface area contributed by atoms with E-state index in [4.69, 9.17) is 4.74 Å². The average Bonchev–Trinajstić information content (AvgIpc) is 2.31. The molecular weight excluding hydrogens is 218 g/mol. The molecule has 0 saturated carbocycles. The monoisotopic (exact) mass is 247 g/mol. The maximum absolute atomic E-state index is 5.04. The average molecular weight is 247 g/mol. The summed E-state index contributed by atoms with van der Waals surface area (Å²) < 4.78 is 5.04.